The number of carbonyl (C=O) groups is 2. The molecule has 3 aromatic rings. The van der Waals surface area contributed by atoms with Crippen molar-refractivity contribution >= 4 is 12.0 Å². The van der Waals surface area contributed by atoms with E-state index in [1.165, 1.54) is 0 Å². The van der Waals surface area contributed by atoms with E-state index in [-0.39, 0.29) is 18.2 Å². The van der Waals surface area contributed by atoms with Crippen LogP contribution in [0.15, 0.2) is 78.9 Å². The van der Waals surface area contributed by atoms with E-state index in [0.29, 0.717) is 50.0 Å². The highest BCUT2D eigenvalue weighted by molar-refractivity contribution is 5.94. The van der Waals surface area contributed by atoms with Gasteiger partial charge in [-0.1, -0.05) is 54.6 Å². The molecule has 9 nitrogen and oxygen atoms in total. The molecule has 0 spiro atoms. The van der Waals surface area contributed by atoms with Gasteiger partial charge < -0.3 is 29.5 Å². The number of rotatable bonds is 15. The van der Waals surface area contributed by atoms with Crippen LogP contribution in [0.3, 0.4) is 0 Å². The molecule has 0 radical (unpaired) electrons. The zero-order valence-corrected chi connectivity index (χ0v) is 26.3. The van der Waals surface area contributed by atoms with Crippen molar-refractivity contribution in [2.45, 2.75) is 58.1 Å². The summed E-state index contributed by atoms with van der Waals surface area (Å²) in [5.74, 6) is 0.872. The number of hydrogen-bond donors (Lipinski definition) is 2. The Labute approximate surface area is 266 Å². The number of amides is 2. The summed E-state index contributed by atoms with van der Waals surface area (Å²) in [6.45, 7) is 8.57. The van der Waals surface area contributed by atoms with Gasteiger partial charge in [-0.2, -0.15) is 0 Å². The van der Waals surface area contributed by atoms with Gasteiger partial charge >= 0.3 is 6.09 Å². The summed E-state index contributed by atoms with van der Waals surface area (Å²) in [6.07, 6.45) is 1.41. The molecular weight excluding hydrogens is 570 g/mol. The first kappa shape index (κ1) is 32.5. The number of ether oxygens (including phenoxy) is 3. The molecule has 2 atom stereocenters. The van der Waals surface area contributed by atoms with Crippen LogP contribution >= 0.6 is 0 Å². The average molecular weight is 616 g/mol. The van der Waals surface area contributed by atoms with E-state index in [1.54, 1.807) is 17.0 Å². The predicted octanol–water partition coefficient (Wildman–Crippen LogP) is 5.95. The second kappa shape index (κ2) is 15.9. The largest absolute Gasteiger partial charge is 0.489 e. The topological polar surface area (TPSA) is 101 Å². The fourth-order valence-electron chi connectivity index (χ4n) is 6.53. The molecular formula is C36H45N3O6. The first-order valence-electron chi connectivity index (χ1n) is 16.1. The van der Waals surface area contributed by atoms with E-state index in [1.807, 2.05) is 80.6 Å². The molecule has 3 aliphatic heterocycles. The van der Waals surface area contributed by atoms with Crippen molar-refractivity contribution in [3.05, 3.63) is 101 Å². The molecule has 0 aliphatic carbocycles. The molecule has 3 fully saturated rings. The van der Waals surface area contributed by atoms with Crippen molar-refractivity contribution in [3.8, 4) is 5.75 Å². The Kier molecular flexibility index (Phi) is 11.5. The molecule has 2 amide bonds. The van der Waals surface area contributed by atoms with E-state index in [2.05, 4.69) is 10.2 Å². The molecule has 45 heavy (non-hydrogen) atoms. The van der Waals surface area contributed by atoms with Crippen molar-refractivity contribution in [3.63, 3.8) is 0 Å². The molecule has 0 saturated carbocycles. The smallest absolute Gasteiger partial charge is 0.408 e. The minimum Gasteiger partial charge on any atom is -0.489 e. The first-order valence-corrected chi connectivity index (χ1v) is 16.1. The third-order valence-corrected chi connectivity index (χ3v) is 8.76. The van der Waals surface area contributed by atoms with Gasteiger partial charge in [0.05, 0.1) is 12.1 Å². The molecule has 6 rings (SSSR count). The molecule has 1 unspecified atom stereocenters. The minimum absolute atomic E-state index is 0.0636. The van der Waals surface area contributed by atoms with Crippen molar-refractivity contribution in [1.82, 2.24) is 15.1 Å². The summed E-state index contributed by atoms with van der Waals surface area (Å²) in [6, 6.07) is 24.5. The normalized spacial score (nSPS) is 19.7. The average Bonchev–Trinajstić information content (AvgIpc) is 3.07. The van der Waals surface area contributed by atoms with Crippen LogP contribution in [0.4, 0.5) is 4.79 Å². The number of nitrogens with one attached hydrogen (secondary N) is 1. The third kappa shape index (κ3) is 8.42. The van der Waals surface area contributed by atoms with Crippen molar-refractivity contribution in [2.24, 2.45) is 5.92 Å². The molecule has 3 aromatic carbocycles. The van der Waals surface area contributed by atoms with E-state index in [9.17, 15) is 14.7 Å². The van der Waals surface area contributed by atoms with Crippen LogP contribution in [-0.2, 0) is 16.1 Å². The third-order valence-electron chi connectivity index (χ3n) is 8.76. The summed E-state index contributed by atoms with van der Waals surface area (Å²) in [5.41, 5.74) is 3.30. The number of nitrogens with zero attached hydrogens (tertiary/aromatic N) is 2. The zero-order chi connectivity index (χ0) is 31.6. The number of carboxylic acid groups (broad SMARTS) is 1. The maximum Gasteiger partial charge on any atom is 0.408 e. The monoisotopic (exact) mass is 615 g/mol. The second-order valence-corrected chi connectivity index (χ2v) is 11.7. The van der Waals surface area contributed by atoms with E-state index in [0.717, 1.165) is 49.2 Å². The van der Waals surface area contributed by atoms with E-state index >= 15 is 0 Å². The van der Waals surface area contributed by atoms with Crippen LogP contribution < -0.4 is 10.1 Å². The Bertz CT molecular complexity index is 1370. The SMILES string of the molecule is CCOC(CCNC(=O)c1ccc(COc2cccc(C(c3ccccc3)N(C(=O)O)[C@H]3CN4CCC3CC4)c2)cc1)OCC. The van der Waals surface area contributed by atoms with E-state index < -0.39 is 12.1 Å². The number of piperidine rings is 3. The fraction of sp³-hybridized carbons (Fsp3) is 0.444. The van der Waals surface area contributed by atoms with Gasteiger partial charge in [-0.3, -0.25) is 9.69 Å². The number of carbonyl (C=O) groups excluding carboxylic acids is 1. The lowest BCUT2D eigenvalue weighted by atomic mass is 9.81. The number of benzene rings is 3. The molecule has 3 saturated heterocycles. The van der Waals surface area contributed by atoms with Crippen LogP contribution in [-0.4, -0.2) is 78.6 Å². The quantitative estimate of drug-likeness (QED) is 0.204. The standard InChI is InChI=1S/C36H45N3O6/c1-3-43-33(44-4-2)17-20-37-35(40)29-15-13-26(14-16-29)25-45-31-12-8-11-30(23-31)34(28-9-6-5-7-10-28)39(36(41)42)32-24-38-21-18-27(32)19-22-38/h5-16,23,27,32-34H,3-4,17-22,24-25H2,1-2H3,(H,37,40)(H,41,42)/t32-,34?/m0/s1. The van der Waals surface area contributed by atoms with Gasteiger partial charge in [-0.05, 0) is 86.7 Å². The first-order chi connectivity index (χ1) is 22.0. The zero-order valence-electron chi connectivity index (χ0n) is 26.3. The highest BCUT2D eigenvalue weighted by Gasteiger charge is 2.43. The maximum atomic E-state index is 12.9. The lowest BCUT2D eigenvalue weighted by Crippen LogP contribution is -2.59. The van der Waals surface area contributed by atoms with Crippen molar-refractivity contribution in [2.75, 3.05) is 39.4 Å². The van der Waals surface area contributed by atoms with Gasteiger partial charge in [0.15, 0.2) is 6.29 Å². The summed E-state index contributed by atoms with van der Waals surface area (Å²) >= 11 is 0. The molecule has 2 N–H and O–H groups in total. The van der Waals surface area contributed by atoms with Crippen LogP contribution in [0, 0.1) is 5.92 Å². The maximum absolute atomic E-state index is 12.9. The molecule has 3 heterocycles. The highest BCUT2D eigenvalue weighted by Crippen LogP contribution is 2.39. The molecule has 3 aliphatic rings. The van der Waals surface area contributed by atoms with Gasteiger partial charge in [-0.25, -0.2) is 4.79 Å². The van der Waals surface area contributed by atoms with Gasteiger partial charge in [0, 0.05) is 38.3 Å². The Hall–Kier alpha value is -3.92. The summed E-state index contributed by atoms with van der Waals surface area (Å²) < 4.78 is 17.3. The molecule has 240 valence electrons. The Morgan fingerprint density at radius 1 is 0.933 bits per heavy atom. The van der Waals surface area contributed by atoms with Gasteiger partial charge in [0.1, 0.15) is 12.4 Å². The summed E-state index contributed by atoms with van der Waals surface area (Å²) in [4.78, 5) is 29.6. The fourth-order valence-corrected chi connectivity index (χ4v) is 6.53. The Balaban J connectivity index is 1.25. The van der Waals surface area contributed by atoms with Crippen molar-refractivity contribution in [1.29, 1.82) is 0 Å². The predicted molar refractivity (Wildman–Crippen MR) is 172 cm³/mol. The molecule has 0 aromatic heterocycles. The van der Waals surface area contributed by atoms with Gasteiger partial charge in [0.2, 0.25) is 0 Å². The lowest BCUT2D eigenvalue weighted by molar-refractivity contribution is -0.138. The van der Waals surface area contributed by atoms with E-state index in [4.69, 9.17) is 14.2 Å². The molecule has 2 bridgehead atoms. The number of fused-ring (bicyclic) bond motifs is 3. The number of hydrogen-bond acceptors (Lipinski definition) is 6. The summed E-state index contributed by atoms with van der Waals surface area (Å²) in [5, 5.41) is 13.5. The summed E-state index contributed by atoms with van der Waals surface area (Å²) in [7, 11) is 0. The van der Waals surface area contributed by atoms with Gasteiger partial charge in [0.25, 0.3) is 5.91 Å². The lowest BCUT2D eigenvalue weighted by Gasteiger charge is -2.50. The highest BCUT2D eigenvalue weighted by atomic mass is 16.7. The van der Waals surface area contributed by atoms with Crippen LogP contribution in [0.5, 0.6) is 5.75 Å². The van der Waals surface area contributed by atoms with Crippen LogP contribution in [0.25, 0.3) is 0 Å². The van der Waals surface area contributed by atoms with Gasteiger partial charge in [-0.15, -0.1) is 0 Å². The molecule has 9 heteroatoms. The Morgan fingerprint density at radius 2 is 1.62 bits per heavy atom. The minimum atomic E-state index is -0.901. The van der Waals surface area contributed by atoms with Crippen LogP contribution in [0.2, 0.25) is 0 Å². The van der Waals surface area contributed by atoms with Crippen LogP contribution in [0.1, 0.15) is 66.2 Å². The second-order valence-electron chi connectivity index (χ2n) is 11.7. The Morgan fingerprint density at radius 3 is 2.24 bits per heavy atom. The van der Waals surface area contributed by atoms with Crippen molar-refractivity contribution < 1.29 is 28.9 Å².